The maximum atomic E-state index is 9.92. The van der Waals surface area contributed by atoms with Crippen molar-refractivity contribution in [2.75, 3.05) is 0 Å². The molecular formula is C36H24N4. The minimum atomic E-state index is -0.326. The molecule has 0 spiro atoms. The number of nitrogens with zero attached hydrogens (tertiary/aromatic N) is 4. The number of nitriles is 1. The summed E-state index contributed by atoms with van der Waals surface area (Å²) < 4.78 is 4.58. The van der Waals surface area contributed by atoms with Crippen molar-refractivity contribution in [1.82, 2.24) is 9.13 Å². The van der Waals surface area contributed by atoms with E-state index in [4.69, 9.17) is 4.99 Å². The van der Waals surface area contributed by atoms with E-state index in [1.165, 1.54) is 32.6 Å². The predicted octanol–water partition coefficient (Wildman–Crippen LogP) is 8.84. The summed E-state index contributed by atoms with van der Waals surface area (Å²) >= 11 is 0. The van der Waals surface area contributed by atoms with Gasteiger partial charge in [-0.15, -0.1) is 0 Å². The zero-order valence-electron chi connectivity index (χ0n) is 21.6. The van der Waals surface area contributed by atoms with E-state index >= 15 is 0 Å². The lowest BCUT2D eigenvalue weighted by molar-refractivity contribution is 0.487. The maximum absolute atomic E-state index is 9.92. The standard InChI is InChI=1S/C36H24N4/c37-23-26-9-8-20-38-36(26)40-33-15-7-4-12-28(33)30-18-16-25(22-35(30)40)24-17-19-34-31(21-24)29-13-5-6-14-32(29)39(34)27-10-2-1-3-11-27/h1-22,26,36H. The molecule has 0 amide bonds. The first-order chi connectivity index (χ1) is 19.8. The summed E-state index contributed by atoms with van der Waals surface area (Å²) in [5, 5.41) is 14.7. The largest absolute Gasteiger partial charge is 0.316 e. The Morgan fingerprint density at radius 1 is 0.600 bits per heavy atom. The van der Waals surface area contributed by atoms with Crippen LogP contribution in [-0.2, 0) is 0 Å². The molecule has 2 unspecified atom stereocenters. The molecule has 7 aromatic rings. The highest BCUT2D eigenvalue weighted by molar-refractivity contribution is 6.12. The number of hydrogen-bond donors (Lipinski definition) is 0. The second kappa shape index (κ2) is 8.83. The van der Waals surface area contributed by atoms with E-state index < -0.39 is 0 Å². The van der Waals surface area contributed by atoms with Gasteiger partial charge in [0.15, 0.2) is 0 Å². The average molecular weight is 513 g/mol. The van der Waals surface area contributed by atoms with Gasteiger partial charge >= 0.3 is 0 Å². The third-order valence-electron chi connectivity index (χ3n) is 8.11. The topological polar surface area (TPSA) is 46.0 Å². The number of para-hydroxylation sites is 3. The second-order valence-electron chi connectivity index (χ2n) is 10.3. The van der Waals surface area contributed by atoms with E-state index in [1.54, 1.807) is 6.21 Å². The Labute approximate surface area is 231 Å². The molecule has 8 rings (SSSR count). The molecule has 0 fully saturated rings. The maximum Gasteiger partial charge on any atom is 0.144 e. The minimum absolute atomic E-state index is 0.307. The van der Waals surface area contributed by atoms with Gasteiger partial charge in [-0.1, -0.05) is 78.9 Å². The normalized spacial score (nSPS) is 16.8. The van der Waals surface area contributed by atoms with Gasteiger partial charge < -0.3 is 9.13 Å². The molecule has 4 heteroatoms. The van der Waals surface area contributed by atoms with Crippen molar-refractivity contribution >= 4 is 49.8 Å². The molecule has 2 atom stereocenters. The number of aliphatic imine (C=N–C) groups is 1. The molecule has 188 valence electrons. The third kappa shape index (κ3) is 3.28. The van der Waals surface area contributed by atoms with Gasteiger partial charge in [-0.05, 0) is 59.7 Å². The van der Waals surface area contributed by atoms with E-state index in [0.29, 0.717) is 0 Å². The van der Waals surface area contributed by atoms with E-state index in [1.807, 2.05) is 12.2 Å². The smallest absolute Gasteiger partial charge is 0.144 e. The highest BCUT2D eigenvalue weighted by Gasteiger charge is 2.25. The summed E-state index contributed by atoms with van der Waals surface area (Å²) in [6.07, 6.45) is 5.31. The number of benzene rings is 5. The average Bonchev–Trinajstić information content (AvgIpc) is 3.53. The van der Waals surface area contributed by atoms with Gasteiger partial charge in [0.25, 0.3) is 0 Å². The predicted molar refractivity (Wildman–Crippen MR) is 165 cm³/mol. The Balaban J connectivity index is 1.36. The van der Waals surface area contributed by atoms with Gasteiger partial charge in [-0.3, -0.25) is 4.99 Å². The van der Waals surface area contributed by atoms with Crippen molar-refractivity contribution < 1.29 is 0 Å². The molecule has 2 aromatic heterocycles. The Morgan fingerprint density at radius 3 is 2.08 bits per heavy atom. The SMILES string of the molecule is N#CC1C=CC=NC1n1c2ccccc2c2ccc(-c3ccc4c(c3)c3ccccc3n4-c3ccccc3)cc21. The molecule has 0 saturated heterocycles. The Morgan fingerprint density at radius 2 is 1.25 bits per heavy atom. The molecule has 0 N–H and O–H groups in total. The number of aromatic nitrogens is 2. The lowest BCUT2D eigenvalue weighted by Gasteiger charge is -2.22. The van der Waals surface area contributed by atoms with E-state index in [9.17, 15) is 5.26 Å². The van der Waals surface area contributed by atoms with Crippen LogP contribution in [0.3, 0.4) is 0 Å². The number of allylic oxidation sites excluding steroid dienone is 1. The van der Waals surface area contributed by atoms with Crippen LogP contribution in [0.1, 0.15) is 6.17 Å². The van der Waals surface area contributed by atoms with Crippen LogP contribution in [0.15, 0.2) is 132 Å². The Kier molecular flexibility index (Phi) is 4.98. The molecule has 0 radical (unpaired) electrons. The van der Waals surface area contributed by atoms with Crippen LogP contribution >= 0.6 is 0 Å². The van der Waals surface area contributed by atoms with Crippen LogP contribution in [0, 0.1) is 17.2 Å². The van der Waals surface area contributed by atoms with E-state index in [0.717, 1.165) is 27.8 Å². The Bertz CT molecular complexity index is 2190. The van der Waals surface area contributed by atoms with Gasteiger partial charge in [0.1, 0.15) is 12.1 Å². The summed E-state index contributed by atoms with van der Waals surface area (Å²) in [6, 6.07) is 43.4. The lowest BCUT2D eigenvalue weighted by atomic mass is 10.0. The molecule has 40 heavy (non-hydrogen) atoms. The minimum Gasteiger partial charge on any atom is -0.316 e. The summed E-state index contributed by atoms with van der Waals surface area (Å²) in [5.74, 6) is -0.326. The first kappa shape index (κ1) is 22.6. The molecule has 1 aliphatic heterocycles. The van der Waals surface area contributed by atoms with Crippen LogP contribution in [-0.4, -0.2) is 15.3 Å². The van der Waals surface area contributed by atoms with Gasteiger partial charge in [0.05, 0.1) is 28.1 Å². The molecule has 1 aliphatic rings. The lowest BCUT2D eigenvalue weighted by Crippen LogP contribution is -2.17. The van der Waals surface area contributed by atoms with E-state index in [-0.39, 0.29) is 12.1 Å². The van der Waals surface area contributed by atoms with Gasteiger partial charge in [-0.2, -0.15) is 5.26 Å². The summed E-state index contributed by atoms with van der Waals surface area (Å²) in [6.45, 7) is 0. The van der Waals surface area contributed by atoms with Crippen LogP contribution in [0.25, 0.3) is 60.4 Å². The van der Waals surface area contributed by atoms with Crippen LogP contribution in [0.4, 0.5) is 0 Å². The van der Waals surface area contributed by atoms with Crippen molar-refractivity contribution in [2.24, 2.45) is 10.9 Å². The number of hydrogen-bond acceptors (Lipinski definition) is 2. The van der Waals surface area contributed by atoms with Crippen LogP contribution in [0.2, 0.25) is 0 Å². The van der Waals surface area contributed by atoms with Crippen molar-refractivity contribution in [3.8, 4) is 22.9 Å². The number of fused-ring (bicyclic) bond motifs is 6. The highest BCUT2D eigenvalue weighted by atomic mass is 15.1. The van der Waals surface area contributed by atoms with Gasteiger partial charge in [-0.25, -0.2) is 0 Å². The van der Waals surface area contributed by atoms with Crippen molar-refractivity contribution in [3.63, 3.8) is 0 Å². The summed E-state index contributed by atoms with van der Waals surface area (Å²) in [4.78, 5) is 4.76. The van der Waals surface area contributed by atoms with Crippen molar-refractivity contribution in [1.29, 1.82) is 5.26 Å². The van der Waals surface area contributed by atoms with Crippen molar-refractivity contribution in [2.45, 2.75) is 6.17 Å². The highest BCUT2D eigenvalue weighted by Crippen LogP contribution is 2.39. The third-order valence-corrected chi connectivity index (χ3v) is 8.11. The van der Waals surface area contributed by atoms with Crippen LogP contribution in [0.5, 0.6) is 0 Å². The summed E-state index contributed by atoms with van der Waals surface area (Å²) in [7, 11) is 0. The fourth-order valence-electron chi connectivity index (χ4n) is 6.31. The van der Waals surface area contributed by atoms with E-state index in [2.05, 4.69) is 130 Å². The zero-order chi connectivity index (χ0) is 26.6. The number of dihydropyridines is 1. The van der Waals surface area contributed by atoms with Crippen LogP contribution < -0.4 is 0 Å². The molecule has 0 aliphatic carbocycles. The number of rotatable bonds is 3. The quantitative estimate of drug-likeness (QED) is 0.233. The summed E-state index contributed by atoms with van der Waals surface area (Å²) in [5.41, 5.74) is 8.01. The van der Waals surface area contributed by atoms with Gasteiger partial charge in [0.2, 0.25) is 0 Å². The first-order valence-electron chi connectivity index (χ1n) is 13.5. The first-order valence-corrected chi connectivity index (χ1v) is 13.5. The molecule has 4 nitrogen and oxygen atoms in total. The van der Waals surface area contributed by atoms with Crippen molar-refractivity contribution in [3.05, 3.63) is 127 Å². The molecular weight excluding hydrogens is 488 g/mol. The fraction of sp³-hybridized carbons (Fsp3) is 0.0556. The molecule has 5 aromatic carbocycles. The fourth-order valence-corrected chi connectivity index (χ4v) is 6.31. The Hall–Kier alpha value is -5.40. The van der Waals surface area contributed by atoms with Gasteiger partial charge in [0, 0.05) is 33.4 Å². The molecule has 0 saturated carbocycles. The molecule has 0 bridgehead atoms. The second-order valence-corrected chi connectivity index (χ2v) is 10.3. The molecule has 3 heterocycles. The zero-order valence-corrected chi connectivity index (χ0v) is 21.6. The monoisotopic (exact) mass is 512 g/mol.